The molecule has 3 heteroatoms. The number of rotatable bonds is 4. The average Bonchev–Trinajstić information content (AvgIpc) is 2.73. The molecule has 0 spiro atoms. The first-order chi connectivity index (χ1) is 7.74. The highest BCUT2D eigenvalue weighted by molar-refractivity contribution is 7.08. The molecule has 2 heterocycles. The lowest BCUT2D eigenvalue weighted by molar-refractivity contribution is 0.198. The zero-order valence-electron chi connectivity index (χ0n) is 10.3. The van der Waals surface area contributed by atoms with Gasteiger partial charge < -0.3 is 10.2 Å². The molecular weight excluding hydrogens is 216 g/mol. The van der Waals surface area contributed by atoms with E-state index in [0.29, 0.717) is 6.04 Å². The number of anilines is 1. The van der Waals surface area contributed by atoms with Crippen molar-refractivity contribution in [3.63, 3.8) is 0 Å². The van der Waals surface area contributed by atoms with Crippen molar-refractivity contribution in [3.05, 3.63) is 16.8 Å². The maximum absolute atomic E-state index is 3.62. The van der Waals surface area contributed by atoms with Gasteiger partial charge in [0.15, 0.2) is 0 Å². The summed E-state index contributed by atoms with van der Waals surface area (Å²) in [7, 11) is 0. The third kappa shape index (κ3) is 3.49. The van der Waals surface area contributed by atoms with E-state index in [1.807, 2.05) is 0 Å². The highest BCUT2D eigenvalue weighted by Crippen LogP contribution is 2.19. The monoisotopic (exact) mass is 238 g/mol. The van der Waals surface area contributed by atoms with Crippen molar-refractivity contribution in [3.8, 4) is 0 Å². The van der Waals surface area contributed by atoms with Crippen LogP contribution in [0.1, 0.15) is 26.7 Å². The van der Waals surface area contributed by atoms with E-state index in [9.17, 15) is 0 Å². The van der Waals surface area contributed by atoms with Crippen LogP contribution < -0.4 is 5.32 Å². The predicted molar refractivity (Wildman–Crippen MR) is 72.2 cm³/mol. The highest BCUT2D eigenvalue weighted by atomic mass is 32.1. The lowest BCUT2D eigenvalue weighted by Crippen LogP contribution is -2.40. The van der Waals surface area contributed by atoms with E-state index < -0.39 is 0 Å². The summed E-state index contributed by atoms with van der Waals surface area (Å²) in [6.07, 6.45) is 2.56. The average molecular weight is 238 g/mol. The first-order valence-corrected chi connectivity index (χ1v) is 7.19. The van der Waals surface area contributed by atoms with E-state index in [2.05, 4.69) is 40.9 Å². The number of thiophene rings is 1. The fraction of sp³-hybridized carbons (Fsp3) is 0.692. The van der Waals surface area contributed by atoms with Crippen LogP contribution in [-0.2, 0) is 0 Å². The molecule has 0 atom stereocenters. The number of nitrogens with zero attached hydrogens (tertiary/aromatic N) is 1. The van der Waals surface area contributed by atoms with Crippen LogP contribution in [0.25, 0.3) is 0 Å². The summed E-state index contributed by atoms with van der Waals surface area (Å²) in [5.74, 6) is 0.793. The Morgan fingerprint density at radius 2 is 2.19 bits per heavy atom. The summed E-state index contributed by atoms with van der Waals surface area (Å²) in [5.41, 5.74) is 1.30. The molecule has 0 radical (unpaired) electrons. The van der Waals surface area contributed by atoms with Crippen LogP contribution in [-0.4, -0.2) is 30.6 Å². The molecule has 0 unspecified atom stereocenters. The molecule has 1 aromatic rings. The van der Waals surface area contributed by atoms with E-state index in [4.69, 9.17) is 0 Å². The van der Waals surface area contributed by atoms with Crippen molar-refractivity contribution in [1.82, 2.24) is 4.90 Å². The molecule has 1 fully saturated rings. The molecule has 0 saturated carbocycles. The summed E-state index contributed by atoms with van der Waals surface area (Å²) < 4.78 is 0. The molecule has 2 nitrogen and oxygen atoms in total. The molecule has 0 aliphatic carbocycles. The molecule has 1 aromatic heterocycles. The van der Waals surface area contributed by atoms with E-state index in [1.165, 1.54) is 38.2 Å². The minimum Gasteiger partial charge on any atom is -0.382 e. The molecule has 2 rings (SSSR count). The van der Waals surface area contributed by atoms with Crippen molar-refractivity contribution in [1.29, 1.82) is 0 Å². The van der Waals surface area contributed by atoms with Gasteiger partial charge in [-0.25, -0.2) is 0 Å². The van der Waals surface area contributed by atoms with Crippen LogP contribution in [0, 0.1) is 5.92 Å². The van der Waals surface area contributed by atoms with Crippen LogP contribution in [0.4, 0.5) is 5.69 Å². The molecule has 90 valence electrons. The summed E-state index contributed by atoms with van der Waals surface area (Å²) in [6.45, 7) is 8.36. The lowest BCUT2D eigenvalue weighted by Gasteiger charge is -2.33. The fourth-order valence-corrected chi connectivity index (χ4v) is 2.96. The van der Waals surface area contributed by atoms with Gasteiger partial charge >= 0.3 is 0 Å². The van der Waals surface area contributed by atoms with Gasteiger partial charge in [0.25, 0.3) is 0 Å². The molecular formula is C13H22N2S. The maximum atomic E-state index is 3.62. The fourth-order valence-electron chi connectivity index (χ4n) is 2.36. The van der Waals surface area contributed by atoms with Gasteiger partial charge in [0.2, 0.25) is 0 Å². The minimum absolute atomic E-state index is 0.679. The molecule has 16 heavy (non-hydrogen) atoms. The number of likely N-dealkylation sites (tertiary alicyclic amines) is 1. The Bertz CT molecular complexity index is 287. The standard InChI is InChI=1S/C13H22N2S/c1-11(2)9-15-6-3-12(4-7-15)14-13-5-8-16-10-13/h5,8,10-12,14H,3-4,6-7,9H2,1-2H3. The first kappa shape index (κ1) is 11.9. The van der Waals surface area contributed by atoms with Gasteiger partial charge in [0.1, 0.15) is 0 Å². The number of nitrogens with one attached hydrogen (secondary N) is 1. The van der Waals surface area contributed by atoms with E-state index in [0.717, 1.165) is 5.92 Å². The van der Waals surface area contributed by atoms with Gasteiger partial charge in [-0.3, -0.25) is 0 Å². The van der Waals surface area contributed by atoms with Crippen LogP contribution in [0.2, 0.25) is 0 Å². The largest absolute Gasteiger partial charge is 0.382 e. The van der Waals surface area contributed by atoms with E-state index in [-0.39, 0.29) is 0 Å². The van der Waals surface area contributed by atoms with Crippen molar-refractivity contribution in [2.75, 3.05) is 25.0 Å². The van der Waals surface area contributed by atoms with Crippen molar-refractivity contribution < 1.29 is 0 Å². The van der Waals surface area contributed by atoms with Gasteiger partial charge in [-0.15, -0.1) is 0 Å². The first-order valence-electron chi connectivity index (χ1n) is 6.25. The van der Waals surface area contributed by atoms with Crippen LogP contribution in [0.15, 0.2) is 16.8 Å². The lowest BCUT2D eigenvalue weighted by atomic mass is 10.0. The van der Waals surface area contributed by atoms with Gasteiger partial charge in [0.05, 0.1) is 0 Å². The van der Waals surface area contributed by atoms with Crippen LogP contribution >= 0.6 is 11.3 Å². The molecule has 0 amide bonds. The summed E-state index contributed by atoms with van der Waals surface area (Å²) in [5, 5.41) is 7.95. The SMILES string of the molecule is CC(C)CN1CCC(Nc2ccsc2)CC1. The normalized spacial score (nSPS) is 19.2. The van der Waals surface area contributed by atoms with Gasteiger partial charge in [-0.2, -0.15) is 11.3 Å². The third-order valence-electron chi connectivity index (χ3n) is 3.10. The Hall–Kier alpha value is -0.540. The third-order valence-corrected chi connectivity index (χ3v) is 3.79. The molecule has 1 aliphatic heterocycles. The van der Waals surface area contributed by atoms with Crippen molar-refractivity contribution >= 4 is 17.0 Å². The Labute approximate surface area is 103 Å². The number of piperidine rings is 1. The van der Waals surface area contributed by atoms with E-state index >= 15 is 0 Å². The molecule has 1 N–H and O–H groups in total. The number of hydrogen-bond donors (Lipinski definition) is 1. The molecule has 1 aliphatic rings. The van der Waals surface area contributed by atoms with Crippen molar-refractivity contribution in [2.24, 2.45) is 5.92 Å². The summed E-state index contributed by atoms with van der Waals surface area (Å²) >= 11 is 1.76. The summed E-state index contributed by atoms with van der Waals surface area (Å²) in [4.78, 5) is 2.59. The Balaban J connectivity index is 1.73. The maximum Gasteiger partial charge on any atom is 0.0450 e. The van der Waals surface area contributed by atoms with Gasteiger partial charge in [-0.1, -0.05) is 13.8 Å². The minimum atomic E-state index is 0.679. The van der Waals surface area contributed by atoms with E-state index in [1.54, 1.807) is 11.3 Å². The number of hydrogen-bond acceptors (Lipinski definition) is 3. The van der Waals surface area contributed by atoms with Gasteiger partial charge in [0, 0.05) is 36.7 Å². The Kier molecular flexibility index (Phi) is 4.24. The predicted octanol–water partition coefficient (Wildman–Crippen LogP) is 3.28. The molecule has 1 saturated heterocycles. The van der Waals surface area contributed by atoms with Crippen LogP contribution in [0.5, 0.6) is 0 Å². The quantitative estimate of drug-likeness (QED) is 0.866. The van der Waals surface area contributed by atoms with Gasteiger partial charge in [-0.05, 0) is 30.2 Å². The second-order valence-corrected chi connectivity index (χ2v) is 5.91. The molecule has 0 bridgehead atoms. The second kappa shape index (κ2) is 5.69. The Morgan fingerprint density at radius 1 is 1.44 bits per heavy atom. The Morgan fingerprint density at radius 3 is 2.75 bits per heavy atom. The summed E-state index contributed by atoms with van der Waals surface area (Å²) in [6, 6.07) is 2.85. The highest BCUT2D eigenvalue weighted by Gasteiger charge is 2.19. The molecule has 0 aromatic carbocycles. The van der Waals surface area contributed by atoms with Crippen molar-refractivity contribution in [2.45, 2.75) is 32.7 Å². The van der Waals surface area contributed by atoms with Crippen LogP contribution in [0.3, 0.4) is 0 Å². The zero-order valence-corrected chi connectivity index (χ0v) is 11.1. The second-order valence-electron chi connectivity index (χ2n) is 5.13. The smallest absolute Gasteiger partial charge is 0.0450 e. The zero-order chi connectivity index (χ0) is 11.4. The topological polar surface area (TPSA) is 15.3 Å².